The maximum Gasteiger partial charge on any atom is 0.311 e. The Morgan fingerprint density at radius 2 is 1.41 bits per heavy atom. The fourth-order valence-electron chi connectivity index (χ4n) is 3.37. The molecule has 1 saturated carbocycles. The third-order valence-electron chi connectivity index (χ3n) is 4.93. The highest BCUT2D eigenvalue weighted by atomic mass is 16.5. The minimum atomic E-state index is -0.419. The van der Waals surface area contributed by atoms with E-state index in [2.05, 4.69) is 0 Å². The maximum atomic E-state index is 11.9. The van der Waals surface area contributed by atoms with E-state index >= 15 is 0 Å². The van der Waals surface area contributed by atoms with Crippen molar-refractivity contribution < 1.29 is 19.1 Å². The fourth-order valence-corrected chi connectivity index (χ4v) is 3.37. The predicted molar refractivity (Wildman–Crippen MR) is 104 cm³/mol. The molecule has 0 atom stereocenters. The molecule has 0 N–H and O–H groups in total. The smallest absolute Gasteiger partial charge is 0.311 e. The maximum absolute atomic E-state index is 11.9. The first-order valence-corrected chi connectivity index (χ1v) is 9.72. The first kappa shape index (κ1) is 19.2. The van der Waals surface area contributed by atoms with Crippen molar-refractivity contribution in [1.82, 2.24) is 0 Å². The lowest BCUT2D eigenvalue weighted by molar-refractivity contribution is -0.148. The van der Waals surface area contributed by atoms with Crippen LogP contribution in [0.1, 0.15) is 44.9 Å². The molecule has 4 nitrogen and oxygen atoms in total. The minimum absolute atomic E-state index is 0.0317. The fraction of sp³-hybridized carbons (Fsp3) is 0.391. The van der Waals surface area contributed by atoms with Crippen molar-refractivity contribution in [2.45, 2.75) is 44.9 Å². The summed E-state index contributed by atoms with van der Waals surface area (Å²) in [5, 5.41) is 0. The van der Waals surface area contributed by atoms with Gasteiger partial charge in [0.05, 0.1) is 19.4 Å². The number of esters is 2. The highest BCUT2D eigenvalue weighted by Crippen LogP contribution is 2.24. The summed E-state index contributed by atoms with van der Waals surface area (Å²) in [6, 6.07) is 17.4. The predicted octanol–water partition coefficient (Wildman–Crippen LogP) is 5.16. The number of hydrogen-bond acceptors (Lipinski definition) is 4. The molecule has 27 heavy (non-hydrogen) atoms. The van der Waals surface area contributed by atoms with E-state index in [4.69, 9.17) is 9.47 Å². The number of ether oxygens (including phenoxy) is 2. The molecule has 0 radical (unpaired) electrons. The summed E-state index contributed by atoms with van der Waals surface area (Å²) in [4.78, 5) is 23.8. The van der Waals surface area contributed by atoms with Gasteiger partial charge in [-0.1, -0.05) is 61.7 Å². The van der Waals surface area contributed by atoms with Crippen LogP contribution in [0.5, 0.6) is 5.75 Å². The molecule has 2 aromatic carbocycles. The van der Waals surface area contributed by atoms with E-state index < -0.39 is 5.97 Å². The van der Waals surface area contributed by atoms with E-state index in [0.29, 0.717) is 18.3 Å². The standard InChI is InChI=1S/C23H26O4/c24-22(26-17-18-7-3-1-4-8-18)15-16-23(25)27-21-13-11-20(12-14-21)19-9-5-2-6-10-19/h2,5-6,9-14,18H,1,3-4,7-8,15-17H2. The molecule has 3 rings (SSSR count). The van der Waals surface area contributed by atoms with Crippen LogP contribution < -0.4 is 4.74 Å². The molecule has 1 aliphatic rings. The van der Waals surface area contributed by atoms with Gasteiger partial charge >= 0.3 is 11.9 Å². The van der Waals surface area contributed by atoms with Gasteiger partial charge in [0.1, 0.15) is 5.75 Å². The number of hydrogen-bond donors (Lipinski definition) is 0. The van der Waals surface area contributed by atoms with E-state index in [9.17, 15) is 9.59 Å². The van der Waals surface area contributed by atoms with Crippen LogP contribution >= 0.6 is 0 Å². The molecule has 0 spiro atoms. The van der Waals surface area contributed by atoms with Crippen LogP contribution in [0.2, 0.25) is 0 Å². The molecule has 0 aromatic heterocycles. The van der Waals surface area contributed by atoms with Crippen molar-refractivity contribution in [3.63, 3.8) is 0 Å². The topological polar surface area (TPSA) is 52.6 Å². The molecule has 2 aromatic rings. The van der Waals surface area contributed by atoms with Gasteiger partial charge in [0.15, 0.2) is 0 Å². The molecule has 1 fully saturated rings. The van der Waals surface area contributed by atoms with Crippen LogP contribution in [-0.4, -0.2) is 18.5 Å². The van der Waals surface area contributed by atoms with Gasteiger partial charge in [-0.25, -0.2) is 0 Å². The van der Waals surface area contributed by atoms with Crippen molar-refractivity contribution >= 4 is 11.9 Å². The molecule has 142 valence electrons. The first-order chi connectivity index (χ1) is 13.2. The lowest BCUT2D eigenvalue weighted by Gasteiger charge is -2.20. The second-order valence-corrected chi connectivity index (χ2v) is 7.05. The van der Waals surface area contributed by atoms with Crippen LogP contribution in [0.15, 0.2) is 54.6 Å². The molecule has 0 heterocycles. The normalized spacial score (nSPS) is 14.5. The monoisotopic (exact) mass is 366 g/mol. The van der Waals surface area contributed by atoms with Crippen molar-refractivity contribution in [3.8, 4) is 16.9 Å². The van der Waals surface area contributed by atoms with Crippen LogP contribution in [-0.2, 0) is 14.3 Å². The lowest BCUT2D eigenvalue weighted by Crippen LogP contribution is -2.18. The van der Waals surface area contributed by atoms with Gasteiger partial charge in [-0.2, -0.15) is 0 Å². The first-order valence-electron chi connectivity index (χ1n) is 9.72. The van der Waals surface area contributed by atoms with Crippen molar-refractivity contribution in [2.24, 2.45) is 5.92 Å². The molecule has 0 bridgehead atoms. The minimum Gasteiger partial charge on any atom is -0.465 e. The summed E-state index contributed by atoms with van der Waals surface area (Å²) in [7, 11) is 0. The molecule has 4 heteroatoms. The Labute approximate surface area is 160 Å². The van der Waals surface area contributed by atoms with E-state index in [1.807, 2.05) is 42.5 Å². The van der Waals surface area contributed by atoms with Gasteiger partial charge in [0.2, 0.25) is 0 Å². The van der Waals surface area contributed by atoms with E-state index in [0.717, 1.165) is 24.0 Å². The number of rotatable bonds is 7. The van der Waals surface area contributed by atoms with E-state index in [-0.39, 0.29) is 18.8 Å². The lowest BCUT2D eigenvalue weighted by atomic mass is 9.90. The molecule has 1 aliphatic carbocycles. The van der Waals surface area contributed by atoms with Crippen molar-refractivity contribution in [3.05, 3.63) is 54.6 Å². The molecule has 0 amide bonds. The van der Waals surface area contributed by atoms with Gasteiger partial charge in [-0.05, 0) is 42.0 Å². The summed E-state index contributed by atoms with van der Waals surface area (Å²) < 4.78 is 10.6. The van der Waals surface area contributed by atoms with Gasteiger partial charge in [-0.15, -0.1) is 0 Å². The molecule has 0 aliphatic heterocycles. The van der Waals surface area contributed by atoms with Crippen LogP contribution in [0.25, 0.3) is 11.1 Å². The second-order valence-electron chi connectivity index (χ2n) is 7.05. The number of benzene rings is 2. The average Bonchev–Trinajstić information content (AvgIpc) is 2.73. The van der Waals surface area contributed by atoms with Gasteiger partial charge in [0, 0.05) is 0 Å². The van der Waals surface area contributed by atoms with Gasteiger partial charge in [-0.3, -0.25) is 9.59 Å². The molecular formula is C23H26O4. The SMILES string of the molecule is O=C(CCC(=O)Oc1ccc(-c2ccccc2)cc1)OCC1CCCCC1. The summed E-state index contributed by atoms with van der Waals surface area (Å²) in [5.74, 6) is 0.224. The van der Waals surface area contributed by atoms with Crippen molar-refractivity contribution in [2.75, 3.05) is 6.61 Å². The Hall–Kier alpha value is -2.62. The molecule has 0 saturated heterocycles. The quantitative estimate of drug-likeness (QED) is 0.501. The number of carbonyl (C=O) groups excluding carboxylic acids is 2. The second kappa shape index (κ2) is 9.91. The van der Waals surface area contributed by atoms with Crippen molar-refractivity contribution in [1.29, 1.82) is 0 Å². The Bertz CT molecular complexity index is 731. The zero-order chi connectivity index (χ0) is 18.9. The summed E-state index contributed by atoms with van der Waals surface area (Å²) >= 11 is 0. The summed E-state index contributed by atoms with van der Waals surface area (Å²) in [6.45, 7) is 0.481. The Morgan fingerprint density at radius 3 is 2.11 bits per heavy atom. The van der Waals surface area contributed by atoms with Crippen LogP contribution in [0.3, 0.4) is 0 Å². The Balaban J connectivity index is 1.39. The van der Waals surface area contributed by atoms with E-state index in [1.165, 1.54) is 19.3 Å². The summed E-state index contributed by atoms with van der Waals surface area (Å²) in [5.41, 5.74) is 2.16. The van der Waals surface area contributed by atoms with Gasteiger partial charge in [0.25, 0.3) is 0 Å². The molecule has 0 unspecified atom stereocenters. The average molecular weight is 366 g/mol. The number of carbonyl (C=O) groups is 2. The van der Waals surface area contributed by atoms with Crippen LogP contribution in [0.4, 0.5) is 0 Å². The molecular weight excluding hydrogens is 340 g/mol. The van der Waals surface area contributed by atoms with Gasteiger partial charge < -0.3 is 9.47 Å². The Morgan fingerprint density at radius 1 is 0.778 bits per heavy atom. The summed E-state index contributed by atoms with van der Waals surface area (Å²) in [6.07, 6.45) is 6.08. The zero-order valence-corrected chi connectivity index (χ0v) is 15.6. The van der Waals surface area contributed by atoms with Crippen LogP contribution in [0, 0.1) is 5.92 Å². The highest BCUT2D eigenvalue weighted by Gasteiger charge is 2.16. The largest absolute Gasteiger partial charge is 0.465 e. The third kappa shape index (κ3) is 6.24. The highest BCUT2D eigenvalue weighted by molar-refractivity contribution is 5.79. The Kier molecular flexibility index (Phi) is 7.03. The zero-order valence-electron chi connectivity index (χ0n) is 15.6. The van der Waals surface area contributed by atoms with E-state index in [1.54, 1.807) is 12.1 Å². The third-order valence-corrected chi connectivity index (χ3v) is 4.93.